The number of aliphatic hydroxyl groups excluding tert-OH is 1. The quantitative estimate of drug-likeness (QED) is 0.732. The molecule has 0 aromatic heterocycles. The van der Waals surface area contributed by atoms with Crippen LogP contribution in [0.2, 0.25) is 0 Å². The fourth-order valence-corrected chi connectivity index (χ4v) is 1.73. The van der Waals surface area contributed by atoms with E-state index >= 15 is 0 Å². The van der Waals surface area contributed by atoms with Crippen LogP contribution in [-0.4, -0.2) is 11.2 Å². The predicted octanol–water partition coefficient (Wildman–Crippen LogP) is 3.40. The van der Waals surface area contributed by atoms with Gasteiger partial charge in [-0.2, -0.15) is 0 Å². The molecule has 0 radical (unpaired) electrons. The van der Waals surface area contributed by atoms with Gasteiger partial charge in [-0.3, -0.25) is 0 Å². The number of aryl methyl sites for hydroxylation is 3. The van der Waals surface area contributed by atoms with Gasteiger partial charge in [0, 0.05) is 0 Å². The summed E-state index contributed by atoms with van der Waals surface area (Å²) in [5, 5.41) is 9.13. The van der Waals surface area contributed by atoms with Crippen LogP contribution in [0.5, 0.6) is 0 Å². The highest BCUT2D eigenvalue weighted by Crippen LogP contribution is 2.13. The monoisotopic (exact) mass is 206 g/mol. The Kier molecular flexibility index (Phi) is 4.83. The Bertz CT molecular complexity index is 302. The Hall–Kier alpha value is -0.820. The van der Waals surface area contributed by atoms with E-state index in [4.69, 9.17) is 5.11 Å². The van der Waals surface area contributed by atoms with Crippen LogP contribution in [0.15, 0.2) is 18.2 Å². The van der Waals surface area contributed by atoms with E-state index in [9.17, 15) is 0 Å². The summed E-state index contributed by atoms with van der Waals surface area (Å²) < 4.78 is 0. The molecule has 0 aliphatic heterocycles. The van der Waals surface area contributed by atoms with E-state index in [2.05, 4.69) is 32.0 Å². The van der Waals surface area contributed by atoms with E-state index in [1.165, 1.54) is 23.1 Å². The summed E-state index contributed by atoms with van der Waals surface area (Å²) >= 11 is 0. The SMILES string of the molecule is Cc1ccc(CCCCC(C)O)cc1C. The molecule has 0 amide bonds. The lowest BCUT2D eigenvalue weighted by Gasteiger charge is -2.06. The van der Waals surface area contributed by atoms with Crippen molar-refractivity contribution in [1.29, 1.82) is 0 Å². The van der Waals surface area contributed by atoms with Crippen molar-refractivity contribution in [2.75, 3.05) is 0 Å². The minimum absolute atomic E-state index is 0.148. The van der Waals surface area contributed by atoms with Gasteiger partial charge >= 0.3 is 0 Å². The van der Waals surface area contributed by atoms with Crippen molar-refractivity contribution in [3.8, 4) is 0 Å². The molecule has 1 atom stereocenters. The van der Waals surface area contributed by atoms with E-state index < -0.39 is 0 Å². The van der Waals surface area contributed by atoms with Gasteiger partial charge < -0.3 is 5.11 Å². The van der Waals surface area contributed by atoms with Crippen molar-refractivity contribution in [1.82, 2.24) is 0 Å². The molecule has 84 valence electrons. The molecule has 0 saturated heterocycles. The van der Waals surface area contributed by atoms with Crippen molar-refractivity contribution < 1.29 is 5.11 Å². The van der Waals surface area contributed by atoms with Gasteiger partial charge in [0.15, 0.2) is 0 Å². The van der Waals surface area contributed by atoms with Gasteiger partial charge in [0.2, 0.25) is 0 Å². The number of rotatable bonds is 5. The first-order chi connectivity index (χ1) is 7.09. The minimum Gasteiger partial charge on any atom is -0.393 e. The normalized spacial score (nSPS) is 12.8. The maximum absolute atomic E-state index is 9.13. The van der Waals surface area contributed by atoms with Gasteiger partial charge in [-0.1, -0.05) is 24.6 Å². The molecule has 1 nitrogen and oxygen atoms in total. The topological polar surface area (TPSA) is 20.2 Å². The summed E-state index contributed by atoms with van der Waals surface area (Å²) in [5.41, 5.74) is 4.16. The summed E-state index contributed by atoms with van der Waals surface area (Å²) in [5.74, 6) is 0. The molecule has 1 aromatic rings. The third-order valence-electron chi connectivity index (χ3n) is 2.91. The van der Waals surface area contributed by atoms with Crippen molar-refractivity contribution in [2.45, 2.75) is 52.6 Å². The van der Waals surface area contributed by atoms with E-state index in [1.54, 1.807) is 0 Å². The van der Waals surface area contributed by atoms with E-state index in [0.717, 1.165) is 19.3 Å². The summed E-state index contributed by atoms with van der Waals surface area (Å²) in [6, 6.07) is 6.68. The molecular weight excluding hydrogens is 184 g/mol. The third-order valence-corrected chi connectivity index (χ3v) is 2.91. The summed E-state index contributed by atoms with van der Waals surface area (Å²) in [4.78, 5) is 0. The molecule has 0 aliphatic carbocycles. The molecular formula is C14H22O. The second-order valence-corrected chi connectivity index (χ2v) is 4.51. The number of aliphatic hydroxyl groups is 1. The van der Waals surface area contributed by atoms with Crippen LogP contribution < -0.4 is 0 Å². The van der Waals surface area contributed by atoms with E-state index in [0.29, 0.717) is 0 Å². The van der Waals surface area contributed by atoms with Crippen LogP contribution in [-0.2, 0) is 6.42 Å². The summed E-state index contributed by atoms with van der Waals surface area (Å²) in [6.45, 7) is 6.16. The number of hydrogen-bond acceptors (Lipinski definition) is 1. The van der Waals surface area contributed by atoms with Crippen molar-refractivity contribution >= 4 is 0 Å². The maximum Gasteiger partial charge on any atom is 0.0512 e. The zero-order chi connectivity index (χ0) is 11.3. The molecule has 0 fully saturated rings. The molecule has 0 heterocycles. The Morgan fingerprint density at radius 1 is 1.13 bits per heavy atom. The molecule has 1 heteroatoms. The van der Waals surface area contributed by atoms with Crippen LogP contribution in [0.1, 0.15) is 42.9 Å². The highest BCUT2D eigenvalue weighted by Gasteiger charge is 1.98. The van der Waals surface area contributed by atoms with Crippen molar-refractivity contribution in [3.05, 3.63) is 34.9 Å². The first kappa shape index (κ1) is 12.3. The highest BCUT2D eigenvalue weighted by atomic mass is 16.3. The molecule has 1 N–H and O–H groups in total. The molecule has 1 rings (SSSR count). The Balaban J connectivity index is 2.35. The summed E-state index contributed by atoms with van der Waals surface area (Å²) in [6.07, 6.45) is 4.20. The lowest BCUT2D eigenvalue weighted by Crippen LogP contribution is -1.99. The van der Waals surface area contributed by atoms with E-state index in [-0.39, 0.29) is 6.10 Å². The van der Waals surface area contributed by atoms with Crippen LogP contribution in [0, 0.1) is 13.8 Å². The molecule has 1 unspecified atom stereocenters. The molecule has 0 aliphatic rings. The van der Waals surface area contributed by atoms with E-state index in [1.807, 2.05) is 6.92 Å². The highest BCUT2D eigenvalue weighted by molar-refractivity contribution is 5.29. The average Bonchev–Trinajstić information content (AvgIpc) is 2.18. The lowest BCUT2D eigenvalue weighted by molar-refractivity contribution is 0.180. The van der Waals surface area contributed by atoms with Gasteiger partial charge in [0.1, 0.15) is 0 Å². The fraction of sp³-hybridized carbons (Fsp3) is 0.571. The standard InChI is InChI=1S/C14H22O/c1-11-8-9-14(10-12(11)2)7-5-4-6-13(3)15/h8-10,13,15H,4-7H2,1-3H3. The van der Waals surface area contributed by atoms with Crippen LogP contribution in [0.4, 0.5) is 0 Å². The Morgan fingerprint density at radius 3 is 2.47 bits per heavy atom. The average molecular weight is 206 g/mol. The number of hydrogen-bond donors (Lipinski definition) is 1. The molecule has 1 aromatic carbocycles. The Morgan fingerprint density at radius 2 is 1.87 bits per heavy atom. The number of benzene rings is 1. The Labute approximate surface area is 93.1 Å². The first-order valence-corrected chi connectivity index (χ1v) is 5.84. The number of unbranched alkanes of at least 4 members (excludes halogenated alkanes) is 1. The lowest BCUT2D eigenvalue weighted by atomic mass is 10.0. The molecule has 15 heavy (non-hydrogen) atoms. The molecule has 0 saturated carbocycles. The van der Waals surface area contributed by atoms with Crippen LogP contribution in [0.3, 0.4) is 0 Å². The third kappa shape index (κ3) is 4.48. The smallest absolute Gasteiger partial charge is 0.0512 e. The van der Waals surface area contributed by atoms with Gasteiger partial charge in [-0.05, 0) is 56.7 Å². The fourth-order valence-electron chi connectivity index (χ4n) is 1.73. The van der Waals surface area contributed by atoms with Crippen molar-refractivity contribution in [3.63, 3.8) is 0 Å². The van der Waals surface area contributed by atoms with Gasteiger partial charge in [0.05, 0.1) is 6.10 Å². The predicted molar refractivity (Wildman–Crippen MR) is 65.2 cm³/mol. The largest absolute Gasteiger partial charge is 0.393 e. The zero-order valence-corrected chi connectivity index (χ0v) is 10.1. The summed E-state index contributed by atoms with van der Waals surface area (Å²) in [7, 11) is 0. The molecule has 0 spiro atoms. The maximum atomic E-state index is 9.13. The second-order valence-electron chi connectivity index (χ2n) is 4.51. The molecule has 0 bridgehead atoms. The van der Waals surface area contributed by atoms with Gasteiger partial charge in [0.25, 0.3) is 0 Å². The van der Waals surface area contributed by atoms with Gasteiger partial charge in [-0.25, -0.2) is 0 Å². The van der Waals surface area contributed by atoms with Gasteiger partial charge in [-0.15, -0.1) is 0 Å². The minimum atomic E-state index is -0.148. The van der Waals surface area contributed by atoms with Crippen LogP contribution in [0.25, 0.3) is 0 Å². The zero-order valence-electron chi connectivity index (χ0n) is 10.1. The first-order valence-electron chi connectivity index (χ1n) is 5.84. The second kappa shape index (κ2) is 5.92. The van der Waals surface area contributed by atoms with Crippen LogP contribution >= 0.6 is 0 Å². The van der Waals surface area contributed by atoms with Crippen molar-refractivity contribution in [2.24, 2.45) is 0 Å².